The highest BCUT2D eigenvalue weighted by molar-refractivity contribution is 5.55. The second kappa shape index (κ2) is 6.74. The first-order valence-electron chi connectivity index (χ1n) is 5.07. The number of aldehydes is 1. The van der Waals surface area contributed by atoms with Crippen molar-refractivity contribution in [3.63, 3.8) is 0 Å². The predicted molar refractivity (Wildman–Crippen MR) is 54.1 cm³/mol. The van der Waals surface area contributed by atoms with Crippen LogP contribution in [0.15, 0.2) is 12.2 Å². The van der Waals surface area contributed by atoms with E-state index in [9.17, 15) is 4.79 Å². The molecule has 0 aliphatic heterocycles. The van der Waals surface area contributed by atoms with Crippen LogP contribution in [-0.4, -0.2) is 33.2 Å². The second-order valence-corrected chi connectivity index (χ2v) is 3.54. The van der Waals surface area contributed by atoms with Crippen LogP contribution in [0.1, 0.15) is 12.8 Å². The minimum atomic E-state index is 0.141. The molecule has 2 atom stereocenters. The fraction of sp³-hybridized carbons (Fsp3) is 0.727. The third-order valence-electron chi connectivity index (χ3n) is 2.52. The van der Waals surface area contributed by atoms with Crippen molar-refractivity contribution >= 4 is 6.29 Å². The summed E-state index contributed by atoms with van der Waals surface area (Å²) in [7, 11) is 1.65. The van der Waals surface area contributed by atoms with Gasteiger partial charge in [-0.2, -0.15) is 0 Å². The van der Waals surface area contributed by atoms with Crippen LogP contribution in [-0.2, 0) is 14.3 Å². The van der Waals surface area contributed by atoms with E-state index in [0.29, 0.717) is 19.8 Å². The summed E-state index contributed by atoms with van der Waals surface area (Å²) in [4.78, 5) is 10.7. The highest BCUT2D eigenvalue weighted by Crippen LogP contribution is 2.22. The van der Waals surface area contributed by atoms with Crippen LogP contribution >= 0.6 is 0 Å². The maximum Gasteiger partial charge on any atom is 0.123 e. The molecule has 0 aromatic heterocycles. The largest absolute Gasteiger partial charge is 0.382 e. The van der Waals surface area contributed by atoms with Gasteiger partial charge in [0.25, 0.3) is 0 Å². The summed E-state index contributed by atoms with van der Waals surface area (Å²) in [5.41, 5.74) is 0. The van der Waals surface area contributed by atoms with Crippen molar-refractivity contribution < 1.29 is 14.3 Å². The maximum atomic E-state index is 10.7. The van der Waals surface area contributed by atoms with Gasteiger partial charge in [-0.05, 0) is 12.8 Å². The Balaban J connectivity index is 2.23. The zero-order chi connectivity index (χ0) is 10.2. The van der Waals surface area contributed by atoms with Crippen LogP contribution < -0.4 is 0 Å². The number of carbonyl (C=O) groups excluding carboxylic acids is 1. The zero-order valence-electron chi connectivity index (χ0n) is 8.65. The molecule has 0 aromatic carbocycles. The van der Waals surface area contributed by atoms with E-state index in [-0.39, 0.29) is 11.8 Å². The minimum absolute atomic E-state index is 0.141. The van der Waals surface area contributed by atoms with Crippen molar-refractivity contribution in [3.05, 3.63) is 12.2 Å². The smallest absolute Gasteiger partial charge is 0.123 e. The van der Waals surface area contributed by atoms with E-state index < -0.39 is 0 Å². The topological polar surface area (TPSA) is 35.5 Å². The summed E-state index contributed by atoms with van der Waals surface area (Å²) >= 11 is 0. The summed E-state index contributed by atoms with van der Waals surface area (Å²) in [6.07, 6.45) is 7.24. The van der Waals surface area contributed by atoms with Crippen molar-refractivity contribution in [2.75, 3.05) is 26.9 Å². The highest BCUT2D eigenvalue weighted by atomic mass is 16.5. The van der Waals surface area contributed by atoms with Gasteiger partial charge < -0.3 is 14.3 Å². The molecule has 0 saturated carbocycles. The van der Waals surface area contributed by atoms with Gasteiger partial charge in [-0.25, -0.2) is 0 Å². The Kier molecular flexibility index (Phi) is 5.49. The number of rotatable bonds is 6. The number of hydrogen-bond donors (Lipinski definition) is 0. The van der Waals surface area contributed by atoms with Crippen LogP contribution in [0.3, 0.4) is 0 Å². The predicted octanol–water partition coefficient (Wildman–Crippen LogP) is 1.43. The van der Waals surface area contributed by atoms with Crippen LogP contribution in [0, 0.1) is 11.8 Å². The molecule has 1 aliphatic rings. The van der Waals surface area contributed by atoms with E-state index in [4.69, 9.17) is 9.47 Å². The van der Waals surface area contributed by atoms with Gasteiger partial charge in [0, 0.05) is 18.9 Å². The Morgan fingerprint density at radius 1 is 1.50 bits per heavy atom. The average molecular weight is 198 g/mol. The van der Waals surface area contributed by atoms with Gasteiger partial charge in [0.05, 0.1) is 19.8 Å². The minimum Gasteiger partial charge on any atom is -0.382 e. The van der Waals surface area contributed by atoms with E-state index >= 15 is 0 Å². The van der Waals surface area contributed by atoms with Crippen LogP contribution in [0.5, 0.6) is 0 Å². The quantitative estimate of drug-likeness (QED) is 0.368. The first-order chi connectivity index (χ1) is 6.88. The van der Waals surface area contributed by atoms with Gasteiger partial charge in [-0.1, -0.05) is 12.2 Å². The SMILES string of the molecule is COCCOC[C@@H]1C=CCC[C@@H]1C=O. The molecular formula is C11H18O3. The van der Waals surface area contributed by atoms with E-state index in [2.05, 4.69) is 12.2 Å². The van der Waals surface area contributed by atoms with Gasteiger partial charge in [0.15, 0.2) is 0 Å². The Labute approximate surface area is 85.1 Å². The highest BCUT2D eigenvalue weighted by Gasteiger charge is 2.20. The van der Waals surface area contributed by atoms with Gasteiger partial charge in [-0.15, -0.1) is 0 Å². The zero-order valence-corrected chi connectivity index (χ0v) is 8.65. The summed E-state index contributed by atoms with van der Waals surface area (Å²) in [6, 6.07) is 0. The molecule has 0 unspecified atom stereocenters. The number of hydrogen-bond acceptors (Lipinski definition) is 3. The molecule has 1 aliphatic carbocycles. The first-order valence-corrected chi connectivity index (χ1v) is 5.07. The summed E-state index contributed by atoms with van der Waals surface area (Å²) in [5, 5.41) is 0. The summed E-state index contributed by atoms with van der Waals surface area (Å²) in [6.45, 7) is 1.85. The monoisotopic (exact) mass is 198 g/mol. The second-order valence-electron chi connectivity index (χ2n) is 3.54. The van der Waals surface area contributed by atoms with Crippen LogP contribution in [0.2, 0.25) is 0 Å². The Morgan fingerprint density at radius 3 is 3.07 bits per heavy atom. The molecule has 3 heteroatoms. The number of ether oxygens (including phenoxy) is 2. The summed E-state index contributed by atoms with van der Waals surface area (Å²) < 4.78 is 10.3. The molecule has 14 heavy (non-hydrogen) atoms. The molecule has 0 fully saturated rings. The van der Waals surface area contributed by atoms with E-state index in [1.54, 1.807) is 7.11 Å². The van der Waals surface area contributed by atoms with Crippen molar-refractivity contribution in [1.29, 1.82) is 0 Å². The molecule has 0 bridgehead atoms. The standard InChI is InChI=1S/C11H18O3/c1-13-6-7-14-9-11-5-3-2-4-10(11)8-12/h3,5,8,10-11H,2,4,6-7,9H2,1H3/t10-,11+/m1/s1. The molecule has 1 rings (SSSR count). The maximum absolute atomic E-state index is 10.7. The van der Waals surface area contributed by atoms with Crippen LogP contribution in [0.4, 0.5) is 0 Å². The fourth-order valence-corrected chi connectivity index (χ4v) is 1.63. The fourth-order valence-electron chi connectivity index (χ4n) is 1.63. The van der Waals surface area contributed by atoms with Crippen LogP contribution in [0.25, 0.3) is 0 Å². The lowest BCUT2D eigenvalue weighted by atomic mass is 9.86. The van der Waals surface area contributed by atoms with Gasteiger partial charge >= 0.3 is 0 Å². The van der Waals surface area contributed by atoms with Gasteiger partial charge in [-0.3, -0.25) is 0 Å². The third kappa shape index (κ3) is 3.60. The molecular weight excluding hydrogens is 180 g/mol. The van der Waals surface area contributed by atoms with Crippen molar-refractivity contribution in [3.8, 4) is 0 Å². The number of allylic oxidation sites excluding steroid dienone is 1. The molecule has 0 saturated heterocycles. The first kappa shape index (κ1) is 11.4. The lowest BCUT2D eigenvalue weighted by Crippen LogP contribution is -2.22. The van der Waals surface area contributed by atoms with E-state index in [1.807, 2.05) is 0 Å². The molecule has 80 valence electrons. The normalized spacial score (nSPS) is 26.4. The number of carbonyl (C=O) groups is 1. The summed E-state index contributed by atoms with van der Waals surface area (Å²) in [5.74, 6) is 0.403. The number of methoxy groups -OCH3 is 1. The molecule has 0 spiro atoms. The van der Waals surface area contributed by atoms with Crippen molar-refractivity contribution in [2.45, 2.75) is 12.8 Å². The Bertz CT molecular complexity index is 189. The van der Waals surface area contributed by atoms with Gasteiger partial charge in [0.1, 0.15) is 6.29 Å². The lowest BCUT2D eigenvalue weighted by Gasteiger charge is -2.22. The van der Waals surface area contributed by atoms with Gasteiger partial charge in [0.2, 0.25) is 0 Å². The molecule has 0 N–H and O–H groups in total. The van der Waals surface area contributed by atoms with Crippen molar-refractivity contribution in [2.24, 2.45) is 11.8 Å². The molecule has 0 heterocycles. The Hall–Kier alpha value is -0.670. The molecule has 0 radical (unpaired) electrons. The lowest BCUT2D eigenvalue weighted by molar-refractivity contribution is -0.113. The van der Waals surface area contributed by atoms with Crippen molar-refractivity contribution in [1.82, 2.24) is 0 Å². The Morgan fingerprint density at radius 2 is 2.36 bits per heavy atom. The average Bonchev–Trinajstić information content (AvgIpc) is 2.25. The molecule has 3 nitrogen and oxygen atoms in total. The van der Waals surface area contributed by atoms with E-state index in [0.717, 1.165) is 19.1 Å². The third-order valence-corrected chi connectivity index (χ3v) is 2.52. The molecule has 0 amide bonds. The van der Waals surface area contributed by atoms with E-state index in [1.165, 1.54) is 0 Å². The molecule has 0 aromatic rings.